The molecule has 0 amide bonds. The third-order valence-corrected chi connectivity index (χ3v) is 3.61. The Balaban J connectivity index is 1.70. The first-order chi connectivity index (χ1) is 11.2. The molecule has 0 unspecified atom stereocenters. The number of benzene rings is 2. The molecule has 0 N–H and O–H groups in total. The van der Waals surface area contributed by atoms with E-state index in [1.165, 1.54) is 4.57 Å². The van der Waals surface area contributed by atoms with Crippen molar-refractivity contribution in [3.05, 3.63) is 70.5 Å². The Kier molecular flexibility index (Phi) is 3.08. The van der Waals surface area contributed by atoms with Gasteiger partial charge in [-0.1, -0.05) is 41.1 Å². The highest BCUT2D eigenvalue weighted by atomic mass is 16.5. The lowest BCUT2D eigenvalue weighted by molar-refractivity contribution is 0.367. The third-order valence-electron chi connectivity index (χ3n) is 3.61. The highest BCUT2D eigenvalue weighted by Crippen LogP contribution is 2.18. The Labute approximate surface area is 131 Å². The fourth-order valence-electron chi connectivity index (χ4n) is 2.52. The molecule has 2 aromatic heterocycles. The van der Waals surface area contributed by atoms with E-state index in [1.807, 2.05) is 49.4 Å². The second-order valence-electron chi connectivity index (χ2n) is 5.30. The molecule has 0 saturated carbocycles. The summed E-state index contributed by atoms with van der Waals surface area (Å²) in [5.41, 5.74) is 3.24. The highest BCUT2D eigenvalue weighted by molar-refractivity contribution is 5.72. The van der Waals surface area contributed by atoms with Gasteiger partial charge in [-0.15, -0.1) is 0 Å². The van der Waals surface area contributed by atoms with E-state index in [1.54, 1.807) is 6.07 Å². The van der Waals surface area contributed by atoms with Gasteiger partial charge in [-0.25, -0.2) is 4.79 Å². The third kappa shape index (κ3) is 2.44. The van der Waals surface area contributed by atoms with Crippen LogP contribution in [0, 0.1) is 6.92 Å². The zero-order valence-electron chi connectivity index (χ0n) is 12.4. The van der Waals surface area contributed by atoms with Gasteiger partial charge in [0.25, 0.3) is 0 Å². The number of rotatable bonds is 3. The molecule has 0 fully saturated rings. The van der Waals surface area contributed by atoms with E-state index in [4.69, 9.17) is 8.94 Å². The summed E-state index contributed by atoms with van der Waals surface area (Å²) in [6.07, 6.45) is 0. The van der Waals surface area contributed by atoms with Crippen LogP contribution in [0.15, 0.2) is 62.3 Å². The van der Waals surface area contributed by atoms with Crippen molar-refractivity contribution in [3.63, 3.8) is 0 Å². The lowest BCUT2D eigenvalue weighted by atomic mass is 10.1. The van der Waals surface area contributed by atoms with Crippen molar-refractivity contribution in [2.45, 2.75) is 13.5 Å². The second-order valence-corrected chi connectivity index (χ2v) is 5.30. The van der Waals surface area contributed by atoms with E-state index in [9.17, 15) is 4.79 Å². The first kappa shape index (κ1) is 13.5. The maximum Gasteiger partial charge on any atom is 0.420 e. The van der Waals surface area contributed by atoms with E-state index in [0.29, 0.717) is 22.8 Å². The molecule has 6 heteroatoms. The van der Waals surface area contributed by atoms with Gasteiger partial charge in [-0.2, -0.15) is 4.98 Å². The molecule has 0 saturated heterocycles. The number of hydrogen-bond acceptors (Lipinski definition) is 5. The van der Waals surface area contributed by atoms with E-state index in [2.05, 4.69) is 10.1 Å². The molecule has 4 rings (SSSR count). The lowest BCUT2D eigenvalue weighted by Crippen LogP contribution is -2.15. The van der Waals surface area contributed by atoms with Crippen LogP contribution in [0.25, 0.3) is 22.5 Å². The molecule has 2 heterocycles. The summed E-state index contributed by atoms with van der Waals surface area (Å²) < 4.78 is 11.9. The smallest absolute Gasteiger partial charge is 0.408 e. The summed E-state index contributed by atoms with van der Waals surface area (Å²) in [7, 11) is 0. The number of hydrogen-bond donors (Lipinski definition) is 0. The molecular formula is C17H13N3O3. The van der Waals surface area contributed by atoms with E-state index < -0.39 is 5.76 Å². The van der Waals surface area contributed by atoms with Crippen LogP contribution in [-0.2, 0) is 6.54 Å². The molecule has 2 aromatic carbocycles. The topological polar surface area (TPSA) is 74.1 Å². The molecule has 4 aromatic rings. The predicted molar refractivity (Wildman–Crippen MR) is 84.0 cm³/mol. The minimum atomic E-state index is -0.443. The lowest BCUT2D eigenvalue weighted by Gasteiger charge is -1.97. The van der Waals surface area contributed by atoms with Gasteiger partial charge in [-0.05, 0) is 25.1 Å². The van der Waals surface area contributed by atoms with Crippen molar-refractivity contribution < 1.29 is 8.94 Å². The Morgan fingerprint density at radius 1 is 1.13 bits per heavy atom. The molecular weight excluding hydrogens is 294 g/mol. The normalized spacial score (nSPS) is 11.2. The molecule has 0 radical (unpaired) electrons. The van der Waals surface area contributed by atoms with Crippen LogP contribution in [-0.4, -0.2) is 14.7 Å². The van der Waals surface area contributed by atoms with Gasteiger partial charge in [0.2, 0.25) is 11.7 Å². The van der Waals surface area contributed by atoms with Crippen molar-refractivity contribution in [2.75, 3.05) is 0 Å². The number of aryl methyl sites for hydroxylation is 1. The standard InChI is InChI=1S/C17H13N3O3/c1-11-5-4-6-12(9-11)16-18-15(23-19-16)10-20-13-7-2-3-8-14(13)22-17(20)21/h2-9H,10H2,1H3. The molecule has 6 nitrogen and oxygen atoms in total. The highest BCUT2D eigenvalue weighted by Gasteiger charge is 2.14. The van der Waals surface area contributed by atoms with Gasteiger partial charge in [0, 0.05) is 5.56 Å². The SMILES string of the molecule is Cc1cccc(-c2noc(Cn3c(=O)oc4ccccc43)n2)c1. The van der Waals surface area contributed by atoms with E-state index in [-0.39, 0.29) is 6.54 Å². The molecule has 114 valence electrons. The monoisotopic (exact) mass is 307 g/mol. The van der Waals surface area contributed by atoms with Gasteiger partial charge >= 0.3 is 5.76 Å². The maximum atomic E-state index is 12.0. The molecule has 0 spiro atoms. The quantitative estimate of drug-likeness (QED) is 0.581. The minimum Gasteiger partial charge on any atom is -0.408 e. The van der Waals surface area contributed by atoms with Crippen molar-refractivity contribution in [1.29, 1.82) is 0 Å². The molecule has 0 atom stereocenters. The van der Waals surface area contributed by atoms with Gasteiger partial charge in [0.15, 0.2) is 5.58 Å². The van der Waals surface area contributed by atoms with Crippen LogP contribution >= 0.6 is 0 Å². The molecule has 0 aliphatic carbocycles. The number of fused-ring (bicyclic) bond motifs is 1. The summed E-state index contributed by atoms with van der Waals surface area (Å²) in [5.74, 6) is 0.418. The molecule has 0 aliphatic rings. The summed E-state index contributed by atoms with van der Waals surface area (Å²) in [4.78, 5) is 16.3. The Bertz CT molecular complexity index is 1040. The molecule has 23 heavy (non-hydrogen) atoms. The Morgan fingerprint density at radius 2 is 2.00 bits per heavy atom. The average Bonchev–Trinajstić information content (AvgIpc) is 3.13. The van der Waals surface area contributed by atoms with Crippen molar-refractivity contribution in [2.24, 2.45) is 0 Å². The summed E-state index contributed by atoms with van der Waals surface area (Å²) in [6.45, 7) is 2.18. The first-order valence-corrected chi connectivity index (χ1v) is 7.19. The zero-order chi connectivity index (χ0) is 15.8. The van der Waals surface area contributed by atoms with Crippen molar-refractivity contribution in [1.82, 2.24) is 14.7 Å². The fourth-order valence-corrected chi connectivity index (χ4v) is 2.52. The van der Waals surface area contributed by atoms with Crippen LogP contribution in [0.4, 0.5) is 0 Å². The molecule has 0 bridgehead atoms. The number of aromatic nitrogens is 3. The van der Waals surface area contributed by atoms with Gasteiger partial charge in [0.1, 0.15) is 6.54 Å². The van der Waals surface area contributed by atoms with Crippen LogP contribution in [0.1, 0.15) is 11.5 Å². The Morgan fingerprint density at radius 3 is 2.87 bits per heavy atom. The van der Waals surface area contributed by atoms with Gasteiger partial charge in [-0.3, -0.25) is 4.57 Å². The van der Waals surface area contributed by atoms with E-state index in [0.717, 1.165) is 11.1 Å². The van der Waals surface area contributed by atoms with Crippen LogP contribution in [0.5, 0.6) is 0 Å². The first-order valence-electron chi connectivity index (χ1n) is 7.19. The van der Waals surface area contributed by atoms with Crippen LogP contribution < -0.4 is 5.76 Å². The minimum absolute atomic E-state index is 0.175. The predicted octanol–water partition coefficient (Wildman–Crippen LogP) is 3.00. The fraction of sp³-hybridized carbons (Fsp3) is 0.118. The number of para-hydroxylation sites is 2. The number of oxazole rings is 1. The zero-order valence-corrected chi connectivity index (χ0v) is 12.4. The van der Waals surface area contributed by atoms with Crippen molar-refractivity contribution in [3.8, 4) is 11.4 Å². The summed E-state index contributed by atoms with van der Waals surface area (Å²) >= 11 is 0. The average molecular weight is 307 g/mol. The van der Waals surface area contributed by atoms with E-state index >= 15 is 0 Å². The number of nitrogens with zero attached hydrogens (tertiary/aromatic N) is 3. The maximum absolute atomic E-state index is 12.0. The Hall–Kier alpha value is -3.15. The van der Waals surface area contributed by atoms with Gasteiger partial charge < -0.3 is 8.94 Å². The van der Waals surface area contributed by atoms with Crippen molar-refractivity contribution >= 4 is 11.1 Å². The summed E-state index contributed by atoms with van der Waals surface area (Å²) in [5, 5.41) is 3.99. The largest absolute Gasteiger partial charge is 0.420 e. The molecule has 0 aliphatic heterocycles. The van der Waals surface area contributed by atoms with Crippen LogP contribution in [0.2, 0.25) is 0 Å². The second kappa shape index (κ2) is 5.24. The van der Waals surface area contributed by atoms with Crippen LogP contribution in [0.3, 0.4) is 0 Å². The van der Waals surface area contributed by atoms with Gasteiger partial charge in [0.05, 0.1) is 5.52 Å². The summed E-state index contributed by atoms with van der Waals surface area (Å²) in [6, 6.07) is 15.1.